The first-order valence-electron chi connectivity index (χ1n) is 9.46. The van der Waals surface area contributed by atoms with E-state index in [-0.39, 0.29) is 11.7 Å². The zero-order valence-corrected chi connectivity index (χ0v) is 15.6. The van der Waals surface area contributed by atoms with E-state index in [9.17, 15) is 9.90 Å². The summed E-state index contributed by atoms with van der Waals surface area (Å²) in [7, 11) is 0. The molecule has 0 amide bonds. The normalized spacial score (nSPS) is 19.3. The Morgan fingerprint density at radius 3 is 2.62 bits per heavy atom. The number of ether oxygens (including phenoxy) is 2. The van der Waals surface area contributed by atoms with E-state index < -0.39 is 5.60 Å². The SMILES string of the molecule is Cc1cccc2c3c(ccc12)Oc1c(ccc2cc(O)ccc12)C31C=CC(=O)O1. The summed E-state index contributed by atoms with van der Waals surface area (Å²) in [5.41, 5.74) is 1.72. The van der Waals surface area contributed by atoms with Gasteiger partial charge in [-0.25, -0.2) is 4.79 Å². The van der Waals surface area contributed by atoms with Gasteiger partial charge < -0.3 is 14.6 Å². The zero-order chi connectivity index (χ0) is 19.8. The second-order valence-electron chi connectivity index (χ2n) is 7.55. The number of aryl methyl sites for hydroxylation is 1. The molecule has 0 saturated carbocycles. The van der Waals surface area contributed by atoms with Crippen molar-refractivity contribution >= 4 is 27.5 Å². The van der Waals surface area contributed by atoms with Crippen molar-refractivity contribution in [3.63, 3.8) is 0 Å². The van der Waals surface area contributed by atoms with E-state index in [1.54, 1.807) is 12.1 Å². The molecular formula is C25H16O4. The van der Waals surface area contributed by atoms with Crippen LogP contribution in [0.1, 0.15) is 16.7 Å². The van der Waals surface area contributed by atoms with Crippen LogP contribution < -0.4 is 4.74 Å². The number of esters is 1. The molecule has 1 N–H and O–H groups in total. The third kappa shape index (κ3) is 2.06. The van der Waals surface area contributed by atoms with E-state index in [4.69, 9.17) is 9.47 Å². The van der Waals surface area contributed by atoms with Crippen molar-refractivity contribution in [2.24, 2.45) is 0 Å². The quantitative estimate of drug-likeness (QED) is 0.411. The molecule has 2 aliphatic heterocycles. The smallest absolute Gasteiger partial charge is 0.332 e. The topological polar surface area (TPSA) is 55.8 Å². The van der Waals surface area contributed by atoms with Crippen LogP contribution in [-0.4, -0.2) is 11.1 Å². The molecule has 0 aromatic heterocycles. The van der Waals surface area contributed by atoms with E-state index in [1.165, 1.54) is 6.08 Å². The number of phenolic OH excluding ortho intramolecular Hbond substituents is 1. The highest BCUT2D eigenvalue weighted by Crippen LogP contribution is 2.55. The summed E-state index contributed by atoms with van der Waals surface area (Å²) in [6.07, 6.45) is 3.30. The first-order chi connectivity index (χ1) is 14.1. The molecule has 29 heavy (non-hydrogen) atoms. The molecule has 4 aromatic carbocycles. The Bertz CT molecular complexity index is 1400. The predicted molar refractivity (Wildman–Crippen MR) is 110 cm³/mol. The second-order valence-corrected chi connectivity index (χ2v) is 7.55. The standard InChI is InChI=1S/C25H16O4/c1-14-3-2-4-19-17(14)8-10-21-23(19)25(12-11-22(27)29-25)20-9-5-15-13-16(26)6-7-18(15)24(20)28-21/h2-13,26H,1H3. The highest BCUT2D eigenvalue weighted by atomic mass is 16.6. The molecule has 2 heterocycles. The Morgan fingerprint density at radius 1 is 0.931 bits per heavy atom. The average Bonchev–Trinajstić information content (AvgIpc) is 3.09. The maximum Gasteiger partial charge on any atom is 0.332 e. The van der Waals surface area contributed by atoms with Crippen LogP contribution in [0.15, 0.2) is 72.8 Å². The Labute approximate surface area is 166 Å². The fraction of sp³-hybridized carbons (Fsp3) is 0.0800. The Hall–Kier alpha value is -3.79. The van der Waals surface area contributed by atoms with E-state index in [1.807, 2.05) is 48.5 Å². The number of carbonyl (C=O) groups is 1. The zero-order valence-electron chi connectivity index (χ0n) is 15.6. The van der Waals surface area contributed by atoms with Crippen molar-refractivity contribution in [3.8, 4) is 17.2 Å². The van der Waals surface area contributed by atoms with Crippen LogP contribution in [0.25, 0.3) is 21.5 Å². The first-order valence-corrected chi connectivity index (χ1v) is 9.46. The number of benzene rings is 4. The molecule has 0 aliphatic carbocycles. The highest BCUT2D eigenvalue weighted by molar-refractivity contribution is 5.98. The minimum absolute atomic E-state index is 0.192. The van der Waals surface area contributed by atoms with Crippen molar-refractivity contribution < 1.29 is 19.4 Å². The minimum Gasteiger partial charge on any atom is -0.508 e. The van der Waals surface area contributed by atoms with Crippen molar-refractivity contribution in [2.45, 2.75) is 12.5 Å². The molecule has 4 heteroatoms. The molecule has 1 unspecified atom stereocenters. The summed E-state index contributed by atoms with van der Waals surface area (Å²) >= 11 is 0. The van der Waals surface area contributed by atoms with Crippen LogP contribution in [-0.2, 0) is 15.1 Å². The van der Waals surface area contributed by atoms with Crippen LogP contribution in [0.3, 0.4) is 0 Å². The van der Waals surface area contributed by atoms with Gasteiger partial charge >= 0.3 is 5.97 Å². The lowest BCUT2D eigenvalue weighted by atomic mass is 9.79. The molecule has 4 nitrogen and oxygen atoms in total. The summed E-state index contributed by atoms with van der Waals surface area (Å²) in [5, 5.41) is 13.7. The fourth-order valence-corrected chi connectivity index (χ4v) is 4.59. The minimum atomic E-state index is -1.04. The van der Waals surface area contributed by atoms with Crippen molar-refractivity contribution in [1.82, 2.24) is 0 Å². The number of aromatic hydroxyl groups is 1. The van der Waals surface area contributed by atoms with Gasteiger partial charge in [-0.1, -0.05) is 30.3 Å². The van der Waals surface area contributed by atoms with Gasteiger partial charge in [0.1, 0.15) is 17.2 Å². The Balaban J connectivity index is 1.75. The molecule has 1 atom stereocenters. The second kappa shape index (κ2) is 5.39. The molecule has 0 radical (unpaired) electrons. The van der Waals surface area contributed by atoms with E-state index in [0.29, 0.717) is 11.5 Å². The summed E-state index contributed by atoms with van der Waals surface area (Å²) in [6, 6.07) is 19.1. The third-order valence-corrected chi connectivity index (χ3v) is 5.89. The number of hydrogen-bond donors (Lipinski definition) is 1. The summed E-state index contributed by atoms with van der Waals surface area (Å²) < 4.78 is 12.4. The molecule has 1 spiro atoms. The van der Waals surface area contributed by atoms with Crippen LogP contribution in [0.5, 0.6) is 17.2 Å². The number of rotatable bonds is 0. The lowest BCUT2D eigenvalue weighted by Gasteiger charge is -2.36. The van der Waals surface area contributed by atoms with Gasteiger partial charge in [0.25, 0.3) is 0 Å². The maximum atomic E-state index is 12.3. The highest BCUT2D eigenvalue weighted by Gasteiger charge is 2.48. The van der Waals surface area contributed by atoms with Gasteiger partial charge in [0, 0.05) is 17.0 Å². The maximum absolute atomic E-state index is 12.3. The van der Waals surface area contributed by atoms with Gasteiger partial charge in [-0.05, 0) is 65.1 Å². The van der Waals surface area contributed by atoms with E-state index in [2.05, 4.69) is 13.0 Å². The molecule has 0 bridgehead atoms. The molecule has 140 valence electrons. The molecule has 4 aromatic rings. The van der Waals surface area contributed by atoms with Gasteiger partial charge in [-0.15, -0.1) is 0 Å². The molecule has 0 fully saturated rings. The molecule has 6 rings (SSSR count). The lowest BCUT2D eigenvalue weighted by molar-refractivity contribution is -0.143. The average molecular weight is 380 g/mol. The van der Waals surface area contributed by atoms with Crippen molar-refractivity contribution in [3.05, 3.63) is 89.5 Å². The lowest BCUT2D eigenvalue weighted by Crippen LogP contribution is -2.31. The Kier molecular flexibility index (Phi) is 3.01. The monoisotopic (exact) mass is 380 g/mol. The van der Waals surface area contributed by atoms with Crippen LogP contribution >= 0.6 is 0 Å². The number of carbonyl (C=O) groups excluding carboxylic acids is 1. The molecule has 0 saturated heterocycles. The van der Waals surface area contributed by atoms with Crippen LogP contribution in [0.4, 0.5) is 0 Å². The Morgan fingerprint density at radius 2 is 1.79 bits per heavy atom. The number of fused-ring (bicyclic) bond motifs is 8. The van der Waals surface area contributed by atoms with Gasteiger partial charge in [0.2, 0.25) is 0 Å². The fourth-order valence-electron chi connectivity index (χ4n) is 4.59. The number of hydrogen-bond acceptors (Lipinski definition) is 4. The largest absolute Gasteiger partial charge is 0.508 e. The summed E-state index contributed by atoms with van der Waals surface area (Å²) in [5.74, 6) is 1.12. The van der Waals surface area contributed by atoms with E-state index in [0.717, 1.165) is 38.2 Å². The van der Waals surface area contributed by atoms with Crippen LogP contribution in [0, 0.1) is 6.92 Å². The van der Waals surface area contributed by atoms with E-state index >= 15 is 0 Å². The van der Waals surface area contributed by atoms with Crippen molar-refractivity contribution in [1.29, 1.82) is 0 Å². The molecular weight excluding hydrogens is 364 g/mol. The predicted octanol–water partition coefficient (Wildman–Crippen LogP) is 5.47. The van der Waals surface area contributed by atoms with Crippen LogP contribution in [0.2, 0.25) is 0 Å². The van der Waals surface area contributed by atoms with Gasteiger partial charge in [0.15, 0.2) is 5.60 Å². The molecule has 2 aliphatic rings. The van der Waals surface area contributed by atoms with Gasteiger partial charge in [-0.2, -0.15) is 0 Å². The number of phenols is 1. The third-order valence-electron chi connectivity index (χ3n) is 5.89. The van der Waals surface area contributed by atoms with Gasteiger partial charge in [-0.3, -0.25) is 0 Å². The summed E-state index contributed by atoms with van der Waals surface area (Å²) in [6.45, 7) is 2.06. The van der Waals surface area contributed by atoms with Crippen molar-refractivity contribution in [2.75, 3.05) is 0 Å². The first kappa shape index (κ1) is 16.2. The van der Waals surface area contributed by atoms with Gasteiger partial charge in [0.05, 0.1) is 5.56 Å². The summed E-state index contributed by atoms with van der Waals surface area (Å²) in [4.78, 5) is 12.3.